The molecule has 0 aromatic carbocycles. The predicted octanol–water partition coefficient (Wildman–Crippen LogP) is 1.56. The van der Waals surface area contributed by atoms with Crippen LogP contribution in [0.25, 0.3) is 0 Å². The lowest BCUT2D eigenvalue weighted by Crippen LogP contribution is -2.28. The summed E-state index contributed by atoms with van der Waals surface area (Å²) in [6.45, 7) is 3.29. The fourth-order valence-corrected chi connectivity index (χ4v) is 2.60. The van der Waals surface area contributed by atoms with Crippen molar-refractivity contribution in [1.82, 2.24) is 5.32 Å². The summed E-state index contributed by atoms with van der Waals surface area (Å²) in [5.74, 6) is 1.03. The largest absolute Gasteiger partial charge is 0.381 e. The second-order valence-electron chi connectivity index (χ2n) is 5.08. The van der Waals surface area contributed by atoms with E-state index in [0.29, 0.717) is 5.41 Å². The molecule has 0 amide bonds. The van der Waals surface area contributed by atoms with Crippen LogP contribution >= 0.6 is 0 Å². The molecule has 3 aliphatic rings. The normalized spacial score (nSPS) is 36.5. The number of ether oxygens (including phenoxy) is 1. The third-order valence-corrected chi connectivity index (χ3v) is 4.03. The molecule has 0 aromatic rings. The molecule has 3 fully saturated rings. The van der Waals surface area contributed by atoms with Crippen molar-refractivity contribution < 1.29 is 4.74 Å². The maximum atomic E-state index is 5.40. The molecule has 0 bridgehead atoms. The van der Waals surface area contributed by atoms with Gasteiger partial charge < -0.3 is 10.1 Å². The van der Waals surface area contributed by atoms with Crippen LogP contribution in [0.15, 0.2) is 0 Å². The van der Waals surface area contributed by atoms with E-state index in [1.54, 1.807) is 0 Å². The van der Waals surface area contributed by atoms with E-state index in [1.165, 1.54) is 38.6 Å². The van der Waals surface area contributed by atoms with Crippen LogP contribution in [-0.4, -0.2) is 25.8 Å². The number of nitrogens with one attached hydrogen (secondary N) is 1. The van der Waals surface area contributed by atoms with Crippen molar-refractivity contribution in [3.8, 4) is 0 Å². The minimum absolute atomic E-state index is 0.674. The van der Waals surface area contributed by atoms with Gasteiger partial charge in [-0.25, -0.2) is 0 Å². The average Bonchev–Trinajstić information content (AvgIpc) is 3.02. The van der Waals surface area contributed by atoms with Crippen LogP contribution in [0.1, 0.15) is 32.1 Å². The first kappa shape index (κ1) is 8.25. The van der Waals surface area contributed by atoms with Crippen LogP contribution in [0.5, 0.6) is 0 Å². The zero-order valence-electron chi connectivity index (χ0n) is 8.22. The zero-order chi connectivity index (χ0) is 8.73. The van der Waals surface area contributed by atoms with Gasteiger partial charge in [-0.15, -0.1) is 0 Å². The molecule has 0 aromatic heterocycles. The van der Waals surface area contributed by atoms with Crippen molar-refractivity contribution in [1.29, 1.82) is 0 Å². The van der Waals surface area contributed by atoms with Gasteiger partial charge in [0.15, 0.2) is 0 Å². The molecular weight excluding hydrogens is 162 g/mol. The van der Waals surface area contributed by atoms with E-state index < -0.39 is 0 Å². The highest BCUT2D eigenvalue weighted by atomic mass is 16.5. The van der Waals surface area contributed by atoms with Crippen molar-refractivity contribution in [2.45, 2.75) is 38.1 Å². The van der Waals surface area contributed by atoms with Gasteiger partial charge in [0, 0.05) is 19.3 Å². The third-order valence-electron chi connectivity index (χ3n) is 4.03. The summed E-state index contributed by atoms with van der Waals surface area (Å²) in [7, 11) is 0. The lowest BCUT2D eigenvalue weighted by atomic mass is 9.96. The molecular formula is C11H19NO. The first-order chi connectivity index (χ1) is 6.39. The quantitative estimate of drug-likeness (QED) is 0.713. The summed E-state index contributed by atoms with van der Waals surface area (Å²) in [4.78, 5) is 0. The molecule has 2 heteroatoms. The van der Waals surface area contributed by atoms with E-state index >= 15 is 0 Å². The van der Waals surface area contributed by atoms with Crippen molar-refractivity contribution in [2.24, 2.45) is 11.3 Å². The van der Waals surface area contributed by atoms with Crippen LogP contribution in [0, 0.1) is 11.3 Å². The Morgan fingerprint density at radius 3 is 2.69 bits per heavy atom. The second kappa shape index (κ2) is 2.96. The zero-order valence-corrected chi connectivity index (χ0v) is 8.22. The van der Waals surface area contributed by atoms with Crippen LogP contribution in [0.4, 0.5) is 0 Å². The molecule has 1 heterocycles. The standard InChI is InChI=1S/C11H19NO/c1-2-9(1)8-12-10-7-11(10)3-5-13-6-4-11/h9-10,12H,1-8H2. The van der Waals surface area contributed by atoms with E-state index in [1.807, 2.05) is 0 Å². The second-order valence-corrected chi connectivity index (χ2v) is 5.08. The van der Waals surface area contributed by atoms with Crippen LogP contribution in [-0.2, 0) is 4.74 Å². The lowest BCUT2D eigenvalue weighted by molar-refractivity contribution is 0.0543. The number of hydrogen-bond acceptors (Lipinski definition) is 2. The summed E-state index contributed by atoms with van der Waals surface area (Å²) < 4.78 is 5.40. The van der Waals surface area contributed by atoms with Gasteiger partial charge >= 0.3 is 0 Å². The summed E-state index contributed by atoms with van der Waals surface area (Å²) in [5, 5.41) is 3.72. The van der Waals surface area contributed by atoms with Gasteiger partial charge in [0.2, 0.25) is 0 Å². The highest BCUT2D eigenvalue weighted by molar-refractivity contribution is 5.08. The Hall–Kier alpha value is -0.0800. The van der Waals surface area contributed by atoms with Gasteiger partial charge in [0.1, 0.15) is 0 Å². The Bertz CT molecular complexity index is 194. The molecule has 1 N–H and O–H groups in total. The molecule has 2 aliphatic carbocycles. The highest BCUT2D eigenvalue weighted by Gasteiger charge is 2.54. The number of hydrogen-bond donors (Lipinski definition) is 1. The molecule has 2 saturated carbocycles. The Morgan fingerprint density at radius 1 is 1.23 bits per heavy atom. The van der Waals surface area contributed by atoms with E-state index in [9.17, 15) is 0 Å². The summed E-state index contributed by atoms with van der Waals surface area (Å²) in [5.41, 5.74) is 0.674. The van der Waals surface area contributed by atoms with Crippen LogP contribution in [0.2, 0.25) is 0 Å². The number of rotatable bonds is 3. The molecule has 0 radical (unpaired) electrons. The molecule has 1 atom stereocenters. The van der Waals surface area contributed by atoms with E-state index in [-0.39, 0.29) is 0 Å². The topological polar surface area (TPSA) is 21.3 Å². The van der Waals surface area contributed by atoms with Crippen LogP contribution in [0.3, 0.4) is 0 Å². The van der Waals surface area contributed by atoms with Gasteiger partial charge in [-0.1, -0.05) is 0 Å². The average molecular weight is 181 g/mol. The Labute approximate surface area is 80.0 Å². The van der Waals surface area contributed by atoms with Crippen molar-refractivity contribution in [3.63, 3.8) is 0 Å². The van der Waals surface area contributed by atoms with E-state index in [4.69, 9.17) is 4.74 Å². The molecule has 1 unspecified atom stereocenters. The van der Waals surface area contributed by atoms with E-state index in [2.05, 4.69) is 5.32 Å². The van der Waals surface area contributed by atoms with Gasteiger partial charge in [-0.3, -0.25) is 0 Å². The first-order valence-electron chi connectivity index (χ1n) is 5.70. The summed E-state index contributed by atoms with van der Waals surface area (Å²) in [6, 6.07) is 0.844. The molecule has 74 valence electrons. The minimum atomic E-state index is 0.674. The highest BCUT2D eigenvalue weighted by Crippen LogP contribution is 2.53. The van der Waals surface area contributed by atoms with Gasteiger partial charge in [-0.05, 0) is 50.0 Å². The molecule has 1 aliphatic heterocycles. The maximum absolute atomic E-state index is 5.40. The SMILES string of the molecule is C1CC2(CCO1)CC2NCC1CC1. The summed E-state index contributed by atoms with van der Waals surface area (Å²) >= 11 is 0. The fourth-order valence-electron chi connectivity index (χ4n) is 2.60. The first-order valence-corrected chi connectivity index (χ1v) is 5.70. The monoisotopic (exact) mass is 181 g/mol. The molecule has 1 spiro atoms. The third kappa shape index (κ3) is 1.62. The van der Waals surface area contributed by atoms with E-state index in [0.717, 1.165) is 25.2 Å². The van der Waals surface area contributed by atoms with Crippen LogP contribution < -0.4 is 5.32 Å². The molecule has 3 rings (SSSR count). The van der Waals surface area contributed by atoms with Gasteiger partial charge in [0.05, 0.1) is 0 Å². The molecule has 13 heavy (non-hydrogen) atoms. The predicted molar refractivity (Wildman–Crippen MR) is 51.6 cm³/mol. The maximum Gasteiger partial charge on any atom is 0.0471 e. The molecule has 2 nitrogen and oxygen atoms in total. The Morgan fingerprint density at radius 2 is 2.00 bits per heavy atom. The van der Waals surface area contributed by atoms with Crippen molar-refractivity contribution in [3.05, 3.63) is 0 Å². The van der Waals surface area contributed by atoms with Gasteiger partial charge in [-0.2, -0.15) is 0 Å². The summed E-state index contributed by atoms with van der Waals surface area (Å²) in [6.07, 6.45) is 6.96. The lowest BCUT2D eigenvalue weighted by Gasteiger charge is -2.23. The Balaban J connectivity index is 1.46. The fraction of sp³-hybridized carbons (Fsp3) is 1.00. The van der Waals surface area contributed by atoms with Crippen molar-refractivity contribution in [2.75, 3.05) is 19.8 Å². The molecule has 1 saturated heterocycles. The Kier molecular flexibility index (Phi) is 1.88. The smallest absolute Gasteiger partial charge is 0.0471 e. The van der Waals surface area contributed by atoms with Gasteiger partial charge in [0.25, 0.3) is 0 Å². The van der Waals surface area contributed by atoms with Crippen molar-refractivity contribution >= 4 is 0 Å². The minimum Gasteiger partial charge on any atom is -0.381 e.